The van der Waals surface area contributed by atoms with Gasteiger partial charge in [-0.2, -0.15) is 5.10 Å². The van der Waals surface area contributed by atoms with Gasteiger partial charge in [0.1, 0.15) is 5.82 Å². The maximum absolute atomic E-state index is 15.2. The molecule has 2 amide bonds. The smallest absolute Gasteiger partial charge is 0.251 e. The standard InChI is InChI=1S/C45H53FN8O3/c1-3-40-37(42(51-35-15-19-57-20-16-35)38-27-50-54(4-2)43(38)52-40)26-49-45(56)34-10-6-9-33(23-34)44(55)48-25-30-11-12-39(46)36(22-30)32-8-5-7-29(21-32)24-47-41-28-53-17-13-31(41)14-18-53/h5-12,21-23,27,31,35,41,47H,3-4,13-20,24-26,28H2,1-2H3,(H,48,55)(H,49,56)(H,51,52). The molecule has 2 bridgehead atoms. The van der Waals surface area contributed by atoms with Crippen molar-refractivity contribution in [2.45, 2.75) is 84.2 Å². The minimum absolute atomic E-state index is 0.204. The van der Waals surface area contributed by atoms with Crippen molar-refractivity contribution in [1.29, 1.82) is 0 Å². The Balaban J connectivity index is 0.915. The van der Waals surface area contributed by atoms with Gasteiger partial charge in [-0.25, -0.2) is 14.1 Å². The summed E-state index contributed by atoms with van der Waals surface area (Å²) in [5.41, 5.74) is 7.53. The molecule has 9 rings (SSSR count). The molecule has 4 aliphatic heterocycles. The Bertz CT molecular complexity index is 2230. The maximum atomic E-state index is 15.2. The van der Waals surface area contributed by atoms with Crippen LogP contribution < -0.4 is 21.3 Å². The Morgan fingerprint density at radius 2 is 1.60 bits per heavy atom. The number of carbonyl (C=O) groups excluding carboxylic acids is 2. The van der Waals surface area contributed by atoms with Crippen LogP contribution >= 0.6 is 0 Å². The summed E-state index contributed by atoms with van der Waals surface area (Å²) in [6.45, 7) is 10.9. The van der Waals surface area contributed by atoms with E-state index in [1.165, 1.54) is 32.0 Å². The maximum Gasteiger partial charge on any atom is 0.251 e. The number of halogens is 1. The number of hydrogen-bond acceptors (Lipinski definition) is 8. The first-order valence-corrected chi connectivity index (χ1v) is 20.6. The van der Waals surface area contributed by atoms with E-state index in [4.69, 9.17) is 9.72 Å². The minimum Gasteiger partial charge on any atom is -0.381 e. The Kier molecular flexibility index (Phi) is 11.9. The zero-order valence-corrected chi connectivity index (χ0v) is 33.0. The summed E-state index contributed by atoms with van der Waals surface area (Å²) >= 11 is 0. The summed E-state index contributed by atoms with van der Waals surface area (Å²) in [6.07, 6.45) is 6.83. The van der Waals surface area contributed by atoms with E-state index >= 15 is 4.39 Å². The van der Waals surface area contributed by atoms with E-state index < -0.39 is 0 Å². The van der Waals surface area contributed by atoms with E-state index in [1.807, 2.05) is 36.0 Å². The summed E-state index contributed by atoms with van der Waals surface area (Å²) < 4.78 is 22.7. The summed E-state index contributed by atoms with van der Waals surface area (Å²) in [5.74, 6) is -0.195. The fourth-order valence-corrected chi connectivity index (χ4v) is 8.66. The van der Waals surface area contributed by atoms with Crippen LogP contribution in [0, 0.1) is 11.7 Å². The largest absolute Gasteiger partial charge is 0.381 e. The van der Waals surface area contributed by atoms with Gasteiger partial charge in [-0.1, -0.05) is 37.3 Å². The van der Waals surface area contributed by atoms with Crippen LogP contribution in [0.2, 0.25) is 0 Å². The van der Waals surface area contributed by atoms with Crippen molar-refractivity contribution in [2.24, 2.45) is 5.92 Å². The molecule has 298 valence electrons. The van der Waals surface area contributed by atoms with Crippen molar-refractivity contribution in [3.05, 3.63) is 112 Å². The molecule has 4 saturated heterocycles. The SMILES string of the molecule is CCc1nc2c(cnn2CC)c(NC2CCOCC2)c1CNC(=O)c1cccc(C(=O)NCc2ccc(F)c(-c3cccc(CNC4CN5CCC4CC5)c3)c2)c1. The van der Waals surface area contributed by atoms with Gasteiger partial charge < -0.3 is 30.9 Å². The van der Waals surface area contributed by atoms with Crippen LogP contribution in [0.15, 0.2) is 72.9 Å². The monoisotopic (exact) mass is 772 g/mol. The molecule has 11 nitrogen and oxygen atoms in total. The fourth-order valence-electron chi connectivity index (χ4n) is 8.66. The zero-order valence-electron chi connectivity index (χ0n) is 33.0. The molecule has 0 spiro atoms. The second-order valence-electron chi connectivity index (χ2n) is 15.6. The van der Waals surface area contributed by atoms with Gasteiger partial charge >= 0.3 is 0 Å². The molecule has 0 saturated carbocycles. The molecule has 12 heteroatoms. The molecule has 4 aliphatic rings. The van der Waals surface area contributed by atoms with E-state index in [0.717, 1.165) is 76.5 Å². The van der Waals surface area contributed by atoms with E-state index in [-0.39, 0.29) is 36.8 Å². The van der Waals surface area contributed by atoms with Gasteiger partial charge in [0.05, 0.1) is 17.3 Å². The molecule has 1 unspecified atom stereocenters. The molecule has 1 atom stereocenters. The third-order valence-corrected chi connectivity index (χ3v) is 11.9. The van der Waals surface area contributed by atoms with E-state index in [0.29, 0.717) is 48.9 Å². The van der Waals surface area contributed by atoms with Gasteiger partial charge in [-0.15, -0.1) is 0 Å². The lowest BCUT2D eigenvalue weighted by molar-refractivity contribution is 0.0720. The van der Waals surface area contributed by atoms with Crippen molar-refractivity contribution in [2.75, 3.05) is 38.2 Å². The molecule has 0 aliphatic carbocycles. The van der Waals surface area contributed by atoms with Crippen LogP contribution in [-0.4, -0.2) is 76.4 Å². The molecule has 6 heterocycles. The van der Waals surface area contributed by atoms with Gasteiger partial charge in [0.25, 0.3) is 11.8 Å². The van der Waals surface area contributed by atoms with Crippen LogP contribution in [0.1, 0.15) is 82.6 Å². The number of nitrogens with one attached hydrogen (secondary N) is 4. The predicted molar refractivity (Wildman–Crippen MR) is 220 cm³/mol. The molecular formula is C45H53FN8O3. The van der Waals surface area contributed by atoms with Crippen LogP contribution in [0.25, 0.3) is 22.2 Å². The minimum atomic E-state index is -0.324. The first-order chi connectivity index (χ1) is 27.9. The molecule has 0 radical (unpaired) electrons. The summed E-state index contributed by atoms with van der Waals surface area (Å²) in [6, 6.07) is 20.4. The third-order valence-electron chi connectivity index (χ3n) is 11.9. The number of rotatable bonds is 14. The average Bonchev–Trinajstić information content (AvgIpc) is 3.68. The molecule has 3 aromatic carbocycles. The number of amides is 2. The number of ether oxygens (including phenoxy) is 1. The van der Waals surface area contributed by atoms with Crippen molar-refractivity contribution in [3.8, 4) is 11.1 Å². The lowest BCUT2D eigenvalue weighted by atomic mass is 9.84. The highest BCUT2D eigenvalue weighted by molar-refractivity contribution is 6.00. The number of hydrogen-bond donors (Lipinski definition) is 4. The van der Waals surface area contributed by atoms with Crippen LogP contribution in [0.3, 0.4) is 0 Å². The quantitative estimate of drug-likeness (QED) is 0.102. The highest BCUT2D eigenvalue weighted by Crippen LogP contribution is 2.32. The number of nitrogens with zero attached hydrogens (tertiary/aromatic N) is 4. The van der Waals surface area contributed by atoms with Crippen molar-refractivity contribution < 1.29 is 18.7 Å². The highest BCUT2D eigenvalue weighted by atomic mass is 19.1. The molecular weight excluding hydrogens is 720 g/mol. The second-order valence-corrected chi connectivity index (χ2v) is 15.6. The summed E-state index contributed by atoms with van der Waals surface area (Å²) in [7, 11) is 0. The molecule has 2 aromatic heterocycles. The number of piperidine rings is 3. The average molecular weight is 773 g/mol. The molecule has 4 fully saturated rings. The topological polar surface area (TPSA) is 125 Å². The van der Waals surface area contributed by atoms with Gasteiger partial charge in [0, 0.05) is 86.0 Å². The number of benzene rings is 3. The number of aryl methyl sites for hydroxylation is 2. The molecule has 57 heavy (non-hydrogen) atoms. The lowest BCUT2D eigenvalue weighted by Gasteiger charge is -2.45. The second kappa shape index (κ2) is 17.5. The Hall–Kier alpha value is -5.17. The van der Waals surface area contributed by atoms with Crippen LogP contribution in [0.4, 0.5) is 10.1 Å². The number of fused-ring (bicyclic) bond motifs is 4. The van der Waals surface area contributed by atoms with Crippen LogP contribution in [-0.2, 0) is 37.3 Å². The van der Waals surface area contributed by atoms with Gasteiger partial charge in [0.2, 0.25) is 0 Å². The van der Waals surface area contributed by atoms with Gasteiger partial charge in [0.15, 0.2) is 5.65 Å². The zero-order chi connectivity index (χ0) is 39.3. The van der Waals surface area contributed by atoms with Gasteiger partial charge in [-0.3, -0.25) is 9.59 Å². The first-order valence-electron chi connectivity index (χ1n) is 20.6. The molecule has 5 aromatic rings. The highest BCUT2D eigenvalue weighted by Gasteiger charge is 2.33. The summed E-state index contributed by atoms with van der Waals surface area (Å²) in [4.78, 5) is 34.5. The van der Waals surface area contributed by atoms with Crippen molar-refractivity contribution in [3.63, 3.8) is 0 Å². The lowest BCUT2D eigenvalue weighted by Crippen LogP contribution is -2.55. The Morgan fingerprint density at radius 3 is 2.32 bits per heavy atom. The van der Waals surface area contributed by atoms with E-state index in [2.05, 4.69) is 44.3 Å². The van der Waals surface area contributed by atoms with E-state index in [1.54, 1.807) is 36.4 Å². The van der Waals surface area contributed by atoms with Gasteiger partial charge in [-0.05, 0) is 111 Å². The first kappa shape index (κ1) is 38.7. The van der Waals surface area contributed by atoms with Crippen molar-refractivity contribution >= 4 is 28.5 Å². The Morgan fingerprint density at radius 1 is 0.860 bits per heavy atom. The van der Waals surface area contributed by atoms with Crippen molar-refractivity contribution in [1.82, 2.24) is 35.6 Å². The summed E-state index contributed by atoms with van der Waals surface area (Å²) in [5, 5.41) is 19.1. The third kappa shape index (κ3) is 8.73. The molecule has 4 N–H and O–H groups in total. The fraction of sp³-hybridized carbons (Fsp3) is 0.422. The van der Waals surface area contributed by atoms with E-state index in [9.17, 15) is 9.59 Å². The number of anilines is 1. The number of pyridine rings is 1. The number of aromatic nitrogens is 3. The normalized spacial score (nSPS) is 19.5. The number of carbonyl (C=O) groups is 2. The Labute approximate surface area is 333 Å². The predicted octanol–water partition coefficient (Wildman–Crippen LogP) is 6.45. The van der Waals surface area contributed by atoms with Crippen LogP contribution in [0.5, 0.6) is 0 Å².